The number of nitrogens with two attached hydrogens (primary N) is 3. The van der Waals surface area contributed by atoms with Gasteiger partial charge in [-0.25, -0.2) is 4.39 Å². The molecule has 0 radical (unpaired) electrons. The van der Waals surface area contributed by atoms with Gasteiger partial charge in [-0.3, -0.25) is 48.1 Å². The molecule has 106 heavy (non-hydrogen) atoms. The van der Waals surface area contributed by atoms with Crippen molar-refractivity contribution < 1.29 is 52.6 Å². The first kappa shape index (κ1) is 78.6. The standard InChI is InChI=1S/C79H100FN15O10S/c1-47(96)71-78(105)90-63(37-50-30-32-54(80)33-31-50)68(97)29-11-5-10-25-60(87-69(98)46-106-45-51-36-57-56-23-16-27-59-70(56)53(43-86-59)41-67(57)95(2)44-51)72(99)88-62(28-17-35-84-79(82)83)73(100)91-64(38-48-18-6-3-7-19-48)75(102)92-65(39-49-20-8-4-9-21-49)76(103)93-66(40-52-42-85-58-24-13-12-22-55(52)58)77(104)89-61(74(101)94-71)26-14-15-34-81/h3-4,6-9,12-13,16,18-24,27,30-33,42-43,47,51,57,60-67,71,85-86,96H,5,10-11,14-15,17,25-26,28-29,34-41,44-46,81H2,1-2H3,(H,87,98)(H,88,99)(H,89,104)(H,90,105)(H,91,100)(H,92,102)(H,93,103)(H,94,101)(H4,82,83,84)/t47-,51-,57-,60-,61+,62+,63+,64+,65+,66-,67-,71+/m1/s1. The molecule has 25 nitrogen and oxygen atoms in total. The minimum absolute atomic E-state index is 0.00958. The molecule has 17 N–H and O–H groups in total. The van der Waals surface area contributed by atoms with Crippen LogP contribution in [0.15, 0.2) is 145 Å². The molecule has 2 aromatic heterocycles. The number of likely N-dealkylation sites (N-methyl/N-ethyl adjacent to an activating group) is 1. The van der Waals surface area contributed by atoms with Crippen LogP contribution < -0.4 is 59.7 Å². The average Bonchev–Trinajstić information content (AvgIpc) is 1.50. The van der Waals surface area contributed by atoms with E-state index in [0.717, 1.165) is 35.8 Å². The molecule has 2 aliphatic heterocycles. The molecule has 4 heterocycles. The zero-order chi connectivity index (χ0) is 75.2. The normalized spacial score (nSPS) is 24.0. The molecule has 564 valence electrons. The van der Waals surface area contributed by atoms with Gasteiger partial charge in [-0.05, 0) is 154 Å². The third-order valence-electron chi connectivity index (χ3n) is 20.3. The Morgan fingerprint density at radius 3 is 1.85 bits per heavy atom. The number of piperidine rings is 1. The maximum atomic E-state index is 15.4. The van der Waals surface area contributed by atoms with Crippen LogP contribution in [-0.4, -0.2) is 178 Å². The van der Waals surface area contributed by atoms with E-state index in [-0.39, 0.29) is 101 Å². The highest BCUT2D eigenvalue weighted by molar-refractivity contribution is 7.99. The molecule has 3 aliphatic rings. The maximum absolute atomic E-state index is 15.4. The van der Waals surface area contributed by atoms with Gasteiger partial charge in [0.05, 0.1) is 17.9 Å². The van der Waals surface area contributed by atoms with Crippen LogP contribution in [0.2, 0.25) is 0 Å². The molecule has 0 spiro atoms. The number of thioether (sulfide) groups is 1. The Labute approximate surface area is 620 Å². The molecule has 2 saturated heterocycles. The van der Waals surface area contributed by atoms with Gasteiger partial charge in [0.25, 0.3) is 0 Å². The highest BCUT2D eigenvalue weighted by Crippen LogP contribution is 2.45. The summed E-state index contributed by atoms with van der Waals surface area (Å²) in [7, 11) is 2.16. The van der Waals surface area contributed by atoms with Crippen LogP contribution in [0.25, 0.3) is 21.8 Å². The molecule has 0 saturated carbocycles. The molecule has 1 aliphatic carbocycles. The number of fused-ring (bicyclic) bond motifs is 3. The number of rotatable bonds is 22. The third kappa shape index (κ3) is 21.8. The smallest absolute Gasteiger partial charge is 0.245 e. The largest absolute Gasteiger partial charge is 0.391 e. The number of aliphatic hydroxyl groups excluding tert-OH is 1. The van der Waals surface area contributed by atoms with E-state index in [1.807, 2.05) is 24.3 Å². The predicted octanol–water partition coefficient (Wildman–Crippen LogP) is 4.43. The summed E-state index contributed by atoms with van der Waals surface area (Å²) in [4.78, 5) is 148. The fourth-order valence-corrected chi connectivity index (χ4v) is 15.7. The molecule has 2 fully saturated rings. The number of guanidine groups is 1. The number of hydrogen-bond acceptors (Lipinski definition) is 14. The number of Topliss-reactive ketones (excluding diaryl/α,β-unsaturated/α-hetero) is 1. The Hall–Kier alpha value is -9.96. The number of amides is 8. The predicted molar refractivity (Wildman–Crippen MR) is 407 cm³/mol. The minimum Gasteiger partial charge on any atom is -0.391 e. The molecule has 5 aromatic carbocycles. The van der Waals surface area contributed by atoms with Gasteiger partial charge >= 0.3 is 0 Å². The summed E-state index contributed by atoms with van der Waals surface area (Å²) < 4.78 is 14.3. The number of para-hydroxylation sites is 1. The summed E-state index contributed by atoms with van der Waals surface area (Å²) in [6.45, 7) is 2.41. The number of benzene rings is 5. The van der Waals surface area contributed by atoms with Gasteiger partial charge in [0.1, 0.15) is 48.1 Å². The number of carbonyl (C=O) groups is 9. The van der Waals surface area contributed by atoms with Crippen molar-refractivity contribution in [3.8, 4) is 0 Å². The van der Waals surface area contributed by atoms with Gasteiger partial charge in [-0.15, -0.1) is 0 Å². The monoisotopic (exact) mass is 1470 g/mol. The number of nitrogens with zero attached hydrogens (tertiary/aromatic N) is 2. The minimum atomic E-state index is -1.69. The van der Waals surface area contributed by atoms with Gasteiger partial charge in [0.2, 0.25) is 47.3 Å². The van der Waals surface area contributed by atoms with Crippen molar-refractivity contribution in [3.63, 3.8) is 0 Å². The molecular weight excluding hydrogens is 1370 g/mol. The van der Waals surface area contributed by atoms with Gasteiger partial charge in [-0.1, -0.05) is 116 Å². The van der Waals surface area contributed by atoms with Crippen molar-refractivity contribution in [1.82, 2.24) is 57.4 Å². The van der Waals surface area contributed by atoms with Crippen molar-refractivity contribution in [2.75, 3.05) is 38.2 Å². The number of H-pyrrole nitrogens is 2. The Balaban J connectivity index is 0.969. The molecule has 27 heteroatoms. The Morgan fingerprint density at radius 2 is 1.19 bits per heavy atom. The van der Waals surface area contributed by atoms with Crippen LogP contribution in [0.3, 0.4) is 0 Å². The number of hydrogen-bond donors (Lipinski definition) is 14. The fraction of sp³-hybridized carbons (Fsp3) is 0.443. The van der Waals surface area contributed by atoms with Gasteiger partial charge in [0, 0.05) is 84.9 Å². The number of likely N-dealkylation sites (tertiary alicyclic amines) is 1. The van der Waals surface area contributed by atoms with Gasteiger partial charge < -0.3 is 79.7 Å². The first-order valence-corrected chi connectivity index (χ1v) is 38.0. The molecule has 8 amide bonds. The fourth-order valence-electron chi connectivity index (χ4n) is 14.8. The molecule has 0 bridgehead atoms. The number of nitrogens with one attached hydrogen (secondary N) is 10. The van der Waals surface area contributed by atoms with E-state index in [2.05, 4.69) is 93.8 Å². The van der Waals surface area contributed by atoms with Crippen LogP contribution in [0, 0.1) is 11.7 Å². The molecule has 12 atom stereocenters. The van der Waals surface area contributed by atoms with E-state index >= 15 is 24.0 Å². The number of aliphatic imine (C=N–C) groups is 1. The number of ketones is 1. The van der Waals surface area contributed by atoms with Crippen molar-refractivity contribution in [2.24, 2.45) is 28.1 Å². The molecule has 7 aromatic rings. The van der Waals surface area contributed by atoms with Crippen molar-refractivity contribution >= 4 is 92.6 Å². The van der Waals surface area contributed by atoms with Crippen molar-refractivity contribution in [3.05, 3.63) is 179 Å². The first-order valence-electron chi connectivity index (χ1n) is 36.8. The highest BCUT2D eigenvalue weighted by Gasteiger charge is 2.41. The summed E-state index contributed by atoms with van der Waals surface area (Å²) in [5, 5.41) is 36.1. The van der Waals surface area contributed by atoms with Crippen molar-refractivity contribution in [2.45, 2.75) is 176 Å². The first-order chi connectivity index (χ1) is 51.2. The zero-order valence-electron chi connectivity index (χ0n) is 60.1. The van der Waals surface area contributed by atoms with E-state index in [9.17, 15) is 28.7 Å². The van der Waals surface area contributed by atoms with Crippen LogP contribution in [-0.2, 0) is 75.3 Å². The maximum Gasteiger partial charge on any atom is 0.245 e. The van der Waals surface area contributed by atoms with Crippen LogP contribution in [0.5, 0.6) is 0 Å². The summed E-state index contributed by atoms with van der Waals surface area (Å²) in [6, 6.07) is 25.9. The van der Waals surface area contributed by atoms with E-state index in [4.69, 9.17) is 17.2 Å². The lowest BCUT2D eigenvalue weighted by molar-refractivity contribution is -0.136. The third-order valence-corrected chi connectivity index (χ3v) is 21.5. The summed E-state index contributed by atoms with van der Waals surface area (Å²) in [6.07, 6.45) is 5.31. The summed E-state index contributed by atoms with van der Waals surface area (Å²) >= 11 is 1.47. The van der Waals surface area contributed by atoms with Gasteiger partial charge in [-0.2, -0.15) is 11.8 Å². The molecular formula is C79H100FN15O10S. The number of unbranched alkanes of at least 4 members (excludes halogenated alkanes) is 1. The summed E-state index contributed by atoms with van der Waals surface area (Å²) in [5.74, 6) is -6.10. The second kappa shape index (κ2) is 38.4. The number of aromatic nitrogens is 2. The van der Waals surface area contributed by atoms with E-state index in [0.29, 0.717) is 59.2 Å². The Bertz CT molecular complexity index is 4190. The number of halogens is 1. The topological polar surface area (TPSA) is 395 Å². The highest BCUT2D eigenvalue weighted by atomic mass is 32.2. The Morgan fingerprint density at radius 1 is 0.623 bits per heavy atom. The van der Waals surface area contributed by atoms with Crippen LogP contribution in [0.1, 0.15) is 117 Å². The molecule has 0 unspecified atom stereocenters. The van der Waals surface area contributed by atoms with Gasteiger partial charge in [0.15, 0.2) is 11.7 Å². The zero-order valence-corrected chi connectivity index (χ0v) is 60.9. The Kier molecular flexibility index (Phi) is 28.4. The average molecular weight is 1470 g/mol. The number of aliphatic hydroxyl groups is 1. The second-order valence-corrected chi connectivity index (χ2v) is 29.3. The van der Waals surface area contributed by atoms with E-state index < -0.39 is 113 Å². The lowest BCUT2D eigenvalue weighted by atomic mass is 9.73. The van der Waals surface area contributed by atoms with Crippen LogP contribution in [0.4, 0.5) is 4.39 Å². The quantitative estimate of drug-likeness (QED) is 0.0254. The number of carbonyl (C=O) groups excluding carboxylic acids is 9. The van der Waals surface area contributed by atoms with E-state index in [1.165, 1.54) is 59.5 Å². The molecule has 10 rings (SSSR count). The number of aromatic amines is 2. The van der Waals surface area contributed by atoms with Crippen LogP contribution >= 0.6 is 11.8 Å². The van der Waals surface area contributed by atoms with Crippen molar-refractivity contribution in [1.29, 1.82) is 0 Å². The lowest BCUT2D eigenvalue weighted by Crippen LogP contribution is -2.61. The second-order valence-electron chi connectivity index (χ2n) is 28.3. The van der Waals surface area contributed by atoms with E-state index in [1.54, 1.807) is 66.9 Å². The SMILES string of the molecule is C[C@@H](O)[C@@H]1NC(=O)[C@H](CCCCN)NC(=O)[C@@H](Cc2c[nH]c3ccccc23)NC(=O)[C@H](Cc2ccccc2)NC(=O)[C@H](Cc2ccccc2)NC(=O)[C@H](CCCN=C(N)N)NC(=O)[C@H](NC(=O)CSC[C@@H]2C[C@@H]3c4cccc5[nH]cc(c45)C[C@H]3N(C)C2)CCCCCC(=O)[C@H](Cc2ccc(F)cc2)NC1=O. The summed E-state index contributed by atoms with van der Waals surface area (Å²) in [5.41, 5.74) is 24.2. The lowest BCUT2D eigenvalue weighted by Gasteiger charge is -2.45.